The zero-order chi connectivity index (χ0) is 20.9. The van der Waals surface area contributed by atoms with Gasteiger partial charge in [-0.25, -0.2) is 9.59 Å². The Kier molecular flexibility index (Phi) is 5.32. The van der Waals surface area contributed by atoms with Gasteiger partial charge in [0.05, 0.1) is 7.11 Å². The predicted molar refractivity (Wildman–Crippen MR) is 101 cm³/mol. The fraction of sp³-hybridized carbons (Fsp3) is 0.850. The average Bonchev–Trinajstić information content (AvgIpc) is 2.85. The van der Waals surface area contributed by atoms with E-state index in [1.807, 2.05) is 20.8 Å². The summed E-state index contributed by atoms with van der Waals surface area (Å²) in [5.41, 5.74) is -1.19. The van der Waals surface area contributed by atoms with Crippen molar-refractivity contribution in [1.82, 2.24) is 10.2 Å². The minimum absolute atomic E-state index is 0.0193. The summed E-state index contributed by atoms with van der Waals surface area (Å²) in [6.07, 6.45) is -0.643. The lowest BCUT2D eigenvalue weighted by atomic mass is 9.85. The summed E-state index contributed by atoms with van der Waals surface area (Å²) in [6.45, 7) is 15.7. The number of nitrogens with one attached hydrogen (secondary N) is 1. The Morgan fingerprint density at radius 2 is 1.67 bits per heavy atom. The van der Waals surface area contributed by atoms with Crippen LogP contribution >= 0.6 is 0 Å². The van der Waals surface area contributed by atoms with Crippen molar-refractivity contribution in [3.63, 3.8) is 0 Å². The molecule has 1 heterocycles. The average molecular weight is 383 g/mol. The molecule has 27 heavy (non-hydrogen) atoms. The molecule has 0 radical (unpaired) electrons. The highest BCUT2D eigenvalue weighted by Gasteiger charge is 2.70. The summed E-state index contributed by atoms with van der Waals surface area (Å²) in [4.78, 5) is 39.6. The second kappa shape index (κ2) is 6.67. The Bertz CT molecular complexity index is 629. The van der Waals surface area contributed by atoms with E-state index >= 15 is 0 Å². The number of rotatable bonds is 3. The van der Waals surface area contributed by atoms with Crippen molar-refractivity contribution in [3.05, 3.63) is 0 Å². The van der Waals surface area contributed by atoms with Crippen LogP contribution in [0.25, 0.3) is 0 Å². The maximum Gasteiger partial charge on any atom is 0.408 e. The van der Waals surface area contributed by atoms with Crippen LogP contribution in [0.5, 0.6) is 0 Å². The van der Waals surface area contributed by atoms with Crippen molar-refractivity contribution in [1.29, 1.82) is 0 Å². The molecule has 2 fully saturated rings. The molecule has 1 saturated heterocycles. The fourth-order valence-corrected chi connectivity index (χ4v) is 4.14. The SMILES string of the molecule is COC(=O)[C@@H]1[C@@H]2[C@H](CN1C(=O)[C@@H](NC(=O)OC(C)(C)C)C(C)(C)C)C2(C)C. The van der Waals surface area contributed by atoms with E-state index in [0.717, 1.165) is 0 Å². The van der Waals surface area contributed by atoms with Crippen molar-refractivity contribution in [2.45, 2.75) is 73.1 Å². The molecule has 154 valence electrons. The number of amides is 2. The molecule has 2 amide bonds. The van der Waals surface area contributed by atoms with Gasteiger partial charge in [0.15, 0.2) is 0 Å². The van der Waals surface area contributed by atoms with Crippen LogP contribution in [0.1, 0.15) is 55.4 Å². The van der Waals surface area contributed by atoms with Gasteiger partial charge in [-0.3, -0.25) is 4.79 Å². The van der Waals surface area contributed by atoms with Crippen LogP contribution in [0, 0.1) is 22.7 Å². The number of ether oxygens (including phenoxy) is 2. The molecule has 0 spiro atoms. The Morgan fingerprint density at radius 1 is 1.11 bits per heavy atom. The number of nitrogens with zero attached hydrogens (tertiary/aromatic N) is 1. The van der Waals surface area contributed by atoms with Gasteiger partial charge in [0.1, 0.15) is 17.7 Å². The van der Waals surface area contributed by atoms with Crippen LogP contribution in [0.3, 0.4) is 0 Å². The standard InChI is InChI=1S/C20H34N2O5/c1-18(2,3)14(21-17(25)27-19(4,5)6)15(23)22-10-11-12(20(11,7)8)13(22)16(24)26-9/h11-14H,10H2,1-9H3,(H,21,25)/t11-,12-,13-,14+/m0/s1. The number of esters is 1. The summed E-state index contributed by atoms with van der Waals surface area (Å²) in [7, 11) is 1.34. The molecule has 1 N–H and O–H groups in total. The van der Waals surface area contributed by atoms with Crippen LogP contribution in [0.4, 0.5) is 4.79 Å². The van der Waals surface area contributed by atoms with Crippen LogP contribution in [-0.4, -0.2) is 54.2 Å². The summed E-state index contributed by atoms with van der Waals surface area (Å²) >= 11 is 0. The van der Waals surface area contributed by atoms with Crippen molar-refractivity contribution >= 4 is 18.0 Å². The number of carbonyl (C=O) groups is 3. The number of hydrogen-bond acceptors (Lipinski definition) is 5. The van der Waals surface area contributed by atoms with Crippen molar-refractivity contribution < 1.29 is 23.9 Å². The minimum atomic E-state index is -0.805. The smallest absolute Gasteiger partial charge is 0.408 e. The largest absolute Gasteiger partial charge is 0.467 e. The van der Waals surface area contributed by atoms with E-state index < -0.39 is 35.2 Å². The minimum Gasteiger partial charge on any atom is -0.467 e. The van der Waals surface area contributed by atoms with Gasteiger partial charge in [0.25, 0.3) is 0 Å². The zero-order valence-corrected chi connectivity index (χ0v) is 18.0. The topological polar surface area (TPSA) is 84.9 Å². The molecule has 2 aliphatic rings. The predicted octanol–water partition coefficient (Wildman–Crippen LogP) is 2.58. The second-order valence-electron chi connectivity index (χ2n) is 10.4. The van der Waals surface area contributed by atoms with Crippen molar-refractivity contribution in [2.24, 2.45) is 22.7 Å². The highest BCUT2D eigenvalue weighted by molar-refractivity contribution is 5.91. The van der Waals surface area contributed by atoms with Crippen molar-refractivity contribution in [3.8, 4) is 0 Å². The first-order valence-electron chi connectivity index (χ1n) is 9.49. The number of hydrogen-bond donors (Lipinski definition) is 1. The number of fused-ring (bicyclic) bond motifs is 1. The van der Waals surface area contributed by atoms with Gasteiger partial charge in [-0.1, -0.05) is 34.6 Å². The number of methoxy groups -OCH3 is 1. The van der Waals surface area contributed by atoms with E-state index in [2.05, 4.69) is 19.2 Å². The lowest BCUT2D eigenvalue weighted by Crippen LogP contribution is -2.58. The summed E-state index contributed by atoms with van der Waals surface area (Å²) in [6, 6.07) is -1.41. The number of piperidine rings is 1. The van der Waals surface area contributed by atoms with Gasteiger partial charge >= 0.3 is 12.1 Å². The Labute approximate surface area is 162 Å². The van der Waals surface area contributed by atoms with Crippen molar-refractivity contribution in [2.75, 3.05) is 13.7 Å². The molecule has 0 aromatic rings. The molecule has 0 unspecified atom stereocenters. The Hall–Kier alpha value is -1.79. The lowest BCUT2D eigenvalue weighted by Gasteiger charge is -2.37. The van der Waals surface area contributed by atoms with Gasteiger partial charge in [0.2, 0.25) is 5.91 Å². The van der Waals surface area contributed by atoms with Crippen LogP contribution in [-0.2, 0) is 19.1 Å². The van der Waals surface area contributed by atoms with Crippen LogP contribution in [0.15, 0.2) is 0 Å². The molecule has 7 heteroatoms. The van der Waals surface area contributed by atoms with Gasteiger partial charge in [-0.2, -0.15) is 0 Å². The van der Waals surface area contributed by atoms with E-state index in [-0.39, 0.29) is 23.2 Å². The number of likely N-dealkylation sites (tertiary alicyclic amines) is 1. The molecule has 4 atom stereocenters. The first-order valence-corrected chi connectivity index (χ1v) is 9.49. The maximum atomic E-state index is 13.3. The third-order valence-electron chi connectivity index (χ3n) is 5.71. The molecule has 1 saturated carbocycles. The number of alkyl carbamates (subject to hydrolysis) is 1. The van der Waals surface area contributed by atoms with Crippen LogP contribution in [0.2, 0.25) is 0 Å². The van der Waals surface area contributed by atoms with E-state index in [9.17, 15) is 14.4 Å². The van der Waals surface area contributed by atoms with Gasteiger partial charge in [-0.15, -0.1) is 0 Å². The molecule has 1 aliphatic heterocycles. The molecular formula is C20H34N2O5. The molecular weight excluding hydrogens is 348 g/mol. The molecule has 0 bridgehead atoms. The van der Waals surface area contributed by atoms with E-state index in [0.29, 0.717) is 6.54 Å². The molecule has 7 nitrogen and oxygen atoms in total. The van der Waals surface area contributed by atoms with Gasteiger partial charge in [-0.05, 0) is 37.5 Å². The first kappa shape index (κ1) is 21.5. The molecule has 1 aliphatic carbocycles. The molecule has 0 aromatic heterocycles. The second-order valence-corrected chi connectivity index (χ2v) is 10.4. The Morgan fingerprint density at radius 3 is 2.11 bits per heavy atom. The maximum absolute atomic E-state index is 13.3. The molecule has 2 rings (SSSR count). The highest BCUT2D eigenvalue weighted by Crippen LogP contribution is 2.65. The van der Waals surface area contributed by atoms with E-state index in [4.69, 9.17) is 9.47 Å². The summed E-state index contributed by atoms with van der Waals surface area (Å²) in [5.74, 6) is -0.304. The highest BCUT2D eigenvalue weighted by atomic mass is 16.6. The monoisotopic (exact) mass is 382 g/mol. The fourth-order valence-electron chi connectivity index (χ4n) is 4.14. The summed E-state index contributed by atoms with van der Waals surface area (Å²) in [5, 5.41) is 2.71. The lowest BCUT2D eigenvalue weighted by molar-refractivity contribution is -0.154. The van der Waals surface area contributed by atoms with E-state index in [1.54, 1.807) is 25.7 Å². The van der Waals surface area contributed by atoms with Crippen LogP contribution < -0.4 is 5.32 Å². The van der Waals surface area contributed by atoms with Gasteiger partial charge < -0.3 is 19.7 Å². The summed E-state index contributed by atoms with van der Waals surface area (Å²) < 4.78 is 10.3. The quantitative estimate of drug-likeness (QED) is 0.759. The molecule has 0 aromatic carbocycles. The number of carbonyl (C=O) groups excluding carboxylic acids is 3. The normalized spacial score (nSPS) is 27.4. The van der Waals surface area contributed by atoms with E-state index in [1.165, 1.54) is 7.11 Å². The third kappa shape index (κ3) is 4.22. The van der Waals surface area contributed by atoms with Gasteiger partial charge in [0, 0.05) is 12.5 Å². The first-order chi connectivity index (χ1) is 12.1. The third-order valence-corrected chi connectivity index (χ3v) is 5.71. The zero-order valence-electron chi connectivity index (χ0n) is 18.0. The Balaban J connectivity index is 2.23.